The van der Waals surface area contributed by atoms with E-state index in [0.29, 0.717) is 0 Å². The van der Waals surface area contributed by atoms with Crippen molar-refractivity contribution in [3.63, 3.8) is 0 Å². The molecule has 0 amide bonds. The molecule has 0 saturated heterocycles. The Morgan fingerprint density at radius 2 is 1.62 bits per heavy atom. The predicted molar refractivity (Wildman–Crippen MR) is 71.4 cm³/mol. The third-order valence-corrected chi connectivity index (χ3v) is 4.72. The Kier molecular flexibility index (Phi) is 1.69. The molecule has 0 unspecified atom stereocenters. The molecule has 78 valence electrons. The van der Waals surface area contributed by atoms with Gasteiger partial charge < -0.3 is 0 Å². The van der Waals surface area contributed by atoms with E-state index in [1.54, 1.807) is 11.1 Å². The second-order valence-corrected chi connectivity index (χ2v) is 5.65. The lowest BCUT2D eigenvalue weighted by Gasteiger charge is -1.99. The van der Waals surface area contributed by atoms with E-state index < -0.39 is 0 Å². The minimum atomic E-state index is 1.27. The van der Waals surface area contributed by atoms with Crippen molar-refractivity contribution in [2.75, 3.05) is 0 Å². The lowest BCUT2D eigenvalue weighted by Crippen LogP contribution is -1.80. The summed E-state index contributed by atoms with van der Waals surface area (Å²) in [6.07, 6.45) is 3.89. The molecule has 0 bridgehead atoms. The van der Waals surface area contributed by atoms with Gasteiger partial charge in [-0.05, 0) is 48.6 Å². The molecule has 0 radical (unpaired) electrons. The van der Waals surface area contributed by atoms with E-state index in [2.05, 4.69) is 36.4 Å². The van der Waals surface area contributed by atoms with Crippen molar-refractivity contribution < 1.29 is 0 Å². The largest absolute Gasteiger partial charge is 0.135 e. The van der Waals surface area contributed by atoms with Gasteiger partial charge in [0.15, 0.2) is 0 Å². The number of hydrogen-bond acceptors (Lipinski definition) is 1. The Labute approximate surface area is 98.5 Å². The van der Waals surface area contributed by atoms with Gasteiger partial charge in [0, 0.05) is 20.2 Å². The first-order valence-electron chi connectivity index (χ1n) is 5.85. The fraction of sp³-hybridized carbons (Fsp3) is 0.200. The van der Waals surface area contributed by atoms with Crippen molar-refractivity contribution in [3.8, 4) is 0 Å². The van der Waals surface area contributed by atoms with Crippen LogP contribution in [-0.4, -0.2) is 0 Å². The average Bonchev–Trinajstić information content (AvgIpc) is 2.88. The van der Waals surface area contributed by atoms with Crippen molar-refractivity contribution in [1.82, 2.24) is 0 Å². The first-order valence-corrected chi connectivity index (χ1v) is 6.66. The first kappa shape index (κ1) is 8.77. The van der Waals surface area contributed by atoms with Gasteiger partial charge >= 0.3 is 0 Å². The number of hydrogen-bond donors (Lipinski definition) is 0. The number of aryl methyl sites for hydroxylation is 2. The molecule has 4 rings (SSSR count). The Morgan fingerprint density at radius 1 is 0.812 bits per heavy atom. The molecule has 2 aromatic carbocycles. The molecule has 0 atom stereocenters. The molecule has 0 N–H and O–H groups in total. The van der Waals surface area contributed by atoms with E-state index >= 15 is 0 Å². The van der Waals surface area contributed by atoms with E-state index in [1.165, 1.54) is 39.4 Å². The van der Waals surface area contributed by atoms with E-state index in [4.69, 9.17) is 0 Å². The molecule has 1 aliphatic carbocycles. The highest BCUT2D eigenvalue weighted by molar-refractivity contribution is 7.25. The first-order chi connectivity index (χ1) is 7.92. The summed E-state index contributed by atoms with van der Waals surface area (Å²) in [7, 11) is 0. The zero-order chi connectivity index (χ0) is 10.5. The highest BCUT2D eigenvalue weighted by Crippen LogP contribution is 2.37. The van der Waals surface area contributed by atoms with E-state index in [-0.39, 0.29) is 0 Å². The molecule has 0 nitrogen and oxygen atoms in total. The summed E-state index contributed by atoms with van der Waals surface area (Å²) in [4.78, 5) is 0. The maximum Gasteiger partial charge on any atom is 0.0358 e. The third kappa shape index (κ3) is 1.09. The van der Waals surface area contributed by atoms with Gasteiger partial charge in [-0.2, -0.15) is 0 Å². The molecule has 1 aliphatic rings. The summed E-state index contributed by atoms with van der Waals surface area (Å²) < 4.78 is 2.88. The SMILES string of the molecule is c1ccc2c(c1)sc1cc3c(cc12)CCC3. The number of benzene rings is 2. The van der Waals surface area contributed by atoms with Gasteiger partial charge in [-0.3, -0.25) is 0 Å². The molecular weight excluding hydrogens is 212 g/mol. The predicted octanol–water partition coefficient (Wildman–Crippen LogP) is 4.54. The summed E-state index contributed by atoms with van der Waals surface area (Å²) in [6.45, 7) is 0. The van der Waals surface area contributed by atoms with Crippen LogP contribution < -0.4 is 0 Å². The summed E-state index contributed by atoms with van der Waals surface area (Å²) in [5, 5.41) is 2.89. The van der Waals surface area contributed by atoms with E-state index in [1.807, 2.05) is 11.3 Å². The van der Waals surface area contributed by atoms with Gasteiger partial charge in [-0.1, -0.05) is 18.2 Å². The Morgan fingerprint density at radius 3 is 2.56 bits per heavy atom. The molecule has 0 aliphatic heterocycles. The van der Waals surface area contributed by atoms with E-state index in [9.17, 15) is 0 Å². The number of fused-ring (bicyclic) bond motifs is 4. The molecular formula is C15H12S. The standard InChI is InChI=1S/C15H12S/c1-2-7-14-12(6-1)13-8-10-4-3-5-11(10)9-15(13)16-14/h1-2,6-9H,3-5H2. The van der Waals surface area contributed by atoms with Crippen molar-refractivity contribution >= 4 is 31.5 Å². The van der Waals surface area contributed by atoms with Crippen LogP contribution in [-0.2, 0) is 12.8 Å². The third-order valence-electron chi connectivity index (χ3n) is 3.59. The van der Waals surface area contributed by atoms with Gasteiger partial charge in [0.25, 0.3) is 0 Å². The summed E-state index contributed by atoms with van der Waals surface area (Å²) in [6, 6.07) is 13.6. The van der Waals surface area contributed by atoms with Crippen molar-refractivity contribution in [2.45, 2.75) is 19.3 Å². The average molecular weight is 224 g/mol. The maximum absolute atomic E-state index is 2.43. The molecule has 1 heterocycles. The molecule has 1 heteroatoms. The van der Waals surface area contributed by atoms with Crippen molar-refractivity contribution in [1.29, 1.82) is 0 Å². The van der Waals surface area contributed by atoms with Crippen LogP contribution in [0.25, 0.3) is 20.2 Å². The number of rotatable bonds is 0. The normalized spacial score (nSPS) is 14.8. The fourth-order valence-corrected chi connectivity index (χ4v) is 3.94. The maximum atomic E-state index is 2.43. The Bertz CT molecular complexity index is 691. The zero-order valence-electron chi connectivity index (χ0n) is 8.99. The molecule has 1 aromatic heterocycles. The van der Waals surface area contributed by atoms with Gasteiger partial charge in [0.05, 0.1) is 0 Å². The minimum absolute atomic E-state index is 1.27. The summed E-state index contributed by atoms with van der Waals surface area (Å²) >= 11 is 1.93. The minimum Gasteiger partial charge on any atom is -0.135 e. The topological polar surface area (TPSA) is 0 Å². The highest BCUT2D eigenvalue weighted by Gasteiger charge is 2.13. The van der Waals surface area contributed by atoms with Gasteiger partial charge in [0.2, 0.25) is 0 Å². The summed E-state index contributed by atoms with van der Waals surface area (Å²) in [5.41, 5.74) is 3.16. The van der Waals surface area contributed by atoms with Crippen LogP contribution in [0, 0.1) is 0 Å². The Hall–Kier alpha value is -1.34. The van der Waals surface area contributed by atoms with Crippen LogP contribution in [0.1, 0.15) is 17.5 Å². The van der Waals surface area contributed by atoms with Gasteiger partial charge in [0.1, 0.15) is 0 Å². The monoisotopic (exact) mass is 224 g/mol. The second kappa shape index (κ2) is 3.08. The Balaban J connectivity index is 2.19. The fourth-order valence-electron chi connectivity index (χ4n) is 2.79. The number of thiophene rings is 1. The molecule has 0 fully saturated rings. The van der Waals surface area contributed by atoms with Crippen LogP contribution >= 0.6 is 11.3 Å². The van der Waals surface area contributed by atoms with Crippen LogP contribution in [0.15, 0.2) is 36.4 Å². The van der Waals surface area contributed by atoms with Crippen molar-refractivity contribution in [2.24, 2.45) is 0 Å². The highest BCUT2D eigenvalue weighted by atomic mass is 32.1. The lowest BCUT2D eigenvalue weighted by atomic mass is 10.1. The van der Waals surface area contributed by atoms with Crippen LogP contribution in [0.3, 0.4) is 0 Å². The lowest BCUT2D eigenvalue weighted by molar-refractivity contribution is 0.912. The zero-order valence-corrected chi connectivity index (χ0v) is 9.81. The molecule has 3 aromatic rings. The summed E-state index contributed by atoms with van der Waals surface area (Å²) in [5.74, 6) is 0. The van der Waals surface area contributed by atoms with Crippen LogP contribution in [0.4, 0.5) is 0 Å². The van der Waals surface area contributed by atoms with Crippen molar-refractivity contribution in [3.05, 3.63) is 47.5 Å². The van der Waals surface area contributed by atoms with E-state index in [0.717, 1.165) is 0 Å². The molecule has 0 spiro atoms. The van der Waals surface area contributed by atoms with Crippen LogP contribution in [0.5, 0.6) is 0 Å². The second-order valence-electron chi connectivity index (χ2n) is 4.57. The molecule has 0 saturated carbocycles. The van der Waals surface area contributed by atoms with Gasteiger partial charge in [-0.25, -0.2) is 0 Å². The van der Waals surface area contributed by atoms with Gasteiger partial charge in [-0.15, -0.1) is 11.3 Å². The smallest absolute Gasteiger partial charge is 0.0358 e. The van der Waals surface area contributed by atoms with Crippen LogP contribution in [0.2, 0.25) is 0 Å². The quantitative estimate of drug-likeness (QED) is 0.526. The molecule has 16 heavy (non-hydrogen) atoms.